The highest BCUT2D eigenvalue weighted by molar-refractivity contribution is 5.85. The van der Waals surface area contributed by atoms with Gasteiger partial charge in [0.1, 0.15) is 5.82 Å². The average molecular weight is 417 g/mol. The summed E-state index contributed by atoms with van der Waals surface area (Å²) in [5.74, 6) is 4.37. The van der Waals surface area contributed by atoms with Crippen LogP contribution in [0, 0.1) is 17.8 Å². The van der Waals surface area contributed by atoms with Gasteiger partial charge < -0.3 is 14.4 Å². The van der Waals surface area contributed by atoms with Crippen LogP contribution in [0.4, 0.5) is 0 Å². The van der Waals surface area contributed by atoms with Crippen molar-refractivity contribution in [2.75, 3.05) is 6.61 Å². The number of benzene rings is 1. The molecule has 0 spiro atoms. The summed E-state index contributed by atoms with van der Waals surface area (Å²) in [6.07, 6.45) is 11.3. The Labute approximate surface area is 179 Å². The first-order chi connectivity index (χ1) is 13.7. The van der Waals surface area contributed by atoms with E-state index in [0.717, 1.165) is 28.8 Å². The van der Waals surface area contributed by atoms with E-state index in [4.69, 9.17) is 9.72 Å². The molecule has 4 bridgehead atoms. The molecule has 0 saturated heterocycles. The maximum absolute atomic E-state index is 10.9. The predicted molar refractivity (Wildman–Crippen MR) is 116 cm³/mol. The molecule has 7 rings (SSSR count). The summed E-state index contributed by atoms with van der Waals surface area (Å²) in [7, 11) is 0. The third-order valence-electron chi connectivity index (χ3n) is 8.11. The quantitative estimate of drug-likeness (QED) is 0.714. The van der Waals surface area contributed by atoms with Gasteiger partial charge in [-0.15, -0.1) is 12.4 Å². The number of rotatable bonds is 6. The Hall–Kier alpha value is -1.10. The fourth-order valence-corrected chi connectivity index (χ4v) is 7.01. The largest absolute Gasteiger partial charge is 0.389 e. The highest BCUT2D eigenvalue weighted by Crippen LogP contribution is 2.57. The number of hydrogen-bond acceptors (Lipinski definition) is 3. The molecule has 4 nitrogen and oxygen atoms in total. The van der Waals surface area contributed by atoms with Crippen LogP contribution in [0.2, 0.25) is 0 Å². The van der Waals surface area contributed by atoms with Crippen LogP contribution < -0.4 is 0 Å². The zero-order chi connectivity index (χ0) is 18.7. The third-order valence-corrected chi connectivity index (χ3v) is 8.11. The lowest BCUT2D eigenvalue weighted by atomic mass is 9.54. The summed E-state index contributed by atoms with van der Waals surface area (Å²) in [4.78, 5) is 4.91. The molecule has 158 valence electrons. The first-order valence-electron chi connectivity index (χ1n) is 11.4. The summed E-state index contributed by atoms with van der Waals surface area (Å²) in [5.41, 5.74) is 2.28. The SMILES string of the molecule is Cl.OC(COC12CC3CC(CC(C3)C1)C2)Cn1c(C2CCC2)nc2ccccc21. The second kappa shape index (κ2) is 7.55. The van der Waals surface area contributed by atoms with Gasteiger partial charge in [0.05, 0.1) is 35.9 Å². The highest BCUT2D eigenvalue weighted by atomic mass is 35.5. The first-order valence-corrected chi connectivity index (χ1v) is 11.4. The summed E-state index contributed by atoms with van der Waals surface area (Å²) < 4.78 is 8.79. The molecular formula is C24H33ClN2O2. The van der Waals surface area contributed by atoms with Crippen molar-refractivity contribution in [1.29, 1.82) is 0 Å². The van der Waals surface area contributed by atoms with Crippen LogP contribution in [-0.2, 0) is 11.3 Å². The number of para-hydroxylation sites is 2. The van der Waals surface area contributed by atoms with Gasteiger partial charge >= 0.3 is 0 Å². The number of aromatic nitrogens is 2. The zero-order valence-electron chi connectivity index (χ0n) is 17.1. The average Bonchev–Trinajstić information content (AvgIpc) is 2.96. The zero-order valence-corrected chi connectivity index (χ0v) is 17.9. The van der Waals surface area contributed by atoms with Crippen molar-refractivity contribution in [2.45, 2.75) is 82.0 Å². The molecule has 5 heteroatoms. The van der Waals surface area contributed by atoms with E-state index >= 15 is 0 Å². The third kappa shape index (κ3) is 3.51. The molecule has 1 heterocycles. The summed E-state index contributed by atoms with van der Waals surface area (Å²) in [6.45, 7) is 1.06. The molecule has 1 atom stereocenters. The van der Waals surface area contributed by atoms with Crippen molar-refractivity contribution < 1.29 is 9.84 Å². The number of aliphatic hydroxyl groups is 1. The van der Waals surface area contributed by atoms with Crippen LogP contribution in [-0.4, -0.2) is 33.0 Å². The van der Waals surface area contributed by atoms with Gasteiger partial charge in [-0.05, 0) is 81.3 Å². The Morgan fingerprint density at radius 1 is 1.07 bits per heavy atom. The van der Waals surface area contributed by atoms with Crippen LogP contribution in [0.3, 0.4) is 0 Å². The van der Waals surface area contributed by atoms with E-state index in [9.17, 15) is 5.11 Å². The van der Waals surface area contributed by atoms with E-state index in [1.54, 1.807) is 0 Å². The lowest BCUT2D eigenvalue weighted by Gasteiger charge is -2.56. The van der Waals surface area contributed by atoms with Crippen LogP contribution in [0.15, 0.2) is 24.3 Å². The smallest absolute Gasteiger partial charge is 0.113 e. The Kier molecular flexibility index (Phi) is 5.16. The summed E-state index contributed by atoms with van der Waals surface area (Å²) in [6, 6.07) is 8.35. The van der Waals surface area contributed by atoms with Crippen molar-refractivity contribution in [3.63, 3.8) is 0 Å². The van der Waals surface area contributed by atoms with E-state index < -0.39 is 6.10 Å². The Morgan fingerprint density at radius 2 is 1.72 bits per heavy atom. The van der Waals surface area contributed by atoms with Crippen LogP contribution in [0.1, 0.15) is 69.5 Å². The maximum atomic E-state index is 10.9. The van der Waals surface area contributed by atoms with Gasteiger partial charge in [-0.3, -0.25) is 0 Å². The maximum Gasteiger partial charge on any atom is 0.113 e. The molecule has 0 radical (unpaired) electrons. The number of halogens is 1. The molecular weight excluding hydrogens is 384 g/mol. The molecule has 5 saturated carbocycles. The molecule has 5 fully saturated rings. The Bertz CT molecular complexity index is 840. The lowest BCUT2D eigenvalue weighted by Crippen LogP contribution is -2.52. The van der Waals surface area contributed by atoms with Gasteiger partial charge in [0, 0.05) is 5.92 Å². The molecule has 5 aliphatic rings. The number of ether oxygens (including phenoxy) is 1. The topological polar surface area (TPSA) is 47.3 Å². The van der Waals surface area contributed by atoms with Crippen LogP contribution in [0.5, 0.6) is 0 Å². The fourth-order valence-electron chi connectivity index (χ4n) is 7.01. The molecule has 5 aliphatic carbocycles. The van der Waals surface area contributed by atoms with E-state index in [1.165, 1.54) is 63.6 Å². The number of fused-ring (bicyclic) bond motifs is 1. The second-order valence-corrected chi connectivity index (χ2v) is 10.3. The monoisotopic (exact) mass is 416 g/mol. The molecule has 1 N–H and O–H groups in total. The minimum absolute atomic E-state index is 0. The summed E-state index contributed by atoms with van der Waals surface area (Å²) >= 11 is 0. The van der Waals surface area contributed by atoms with Crippen molar-refractivity contribution >= 4 is 23.4 Å². The summed E-state index contributed by atoms with van der Waals surface area (Å²) in [5, 5.41) is 10.9. The second-order valence-electron chi connectivity index (χ2n) is 10.3. The van der Waals surface area contributed by atoms with Gasteiger partial charge in [-0.1, -0.05) is 18.6 Å². The number of aliphatic hydroxyl groups excluding tert-OH is 1. The van der Waals surface area contributed by atoms with E-state index in [0.29, 0.717) is 19.1 Å². The Balaban J connectivity index is 0.00000181. The molecule has 1 aromatic heterocycles. The van der Waals surface area contributed by atoms with Crippen LogP contribution in [0.25, 0.3) is 11.0 Å². The van der Waals surface area contributed by atoms with E-state index in [2.05, 4.69) is 28.8 Å². The fraction of sp³-hybridized carbons (Fsp3) is 0.708. The van der Waals surface area contributed by atoms with E-state index in [1.807, 2.05) is 0 Å². The molecule has 0 amide bonds. The molecule has 29 heavy (non-hydrogen) atoms. The number of hydrogen-bond donors (Lipinski definition) is 1. The Morgan fingerprint density at radius 3 is 2.34 bits per heavy atom. The standard InChI is InChI=1S/C24H32N2O2.ClH/c27-20(15-28-24-11-16-8-17(12-24)10-18(9-16)13-24)14-26-22-7-2-1-6-21(22)25-23(26)19-4-3-5-19;/h1-2,6-7,16-20,27H,3-5,8-15H2;1H. The van der Waals surface area contributed by atoms with Crippen molar-refractivity contribution in [3.8, 4) is 0 Å². The van der Waals surface area contributed by atoms with Gasteiger partial charge in [0.2, 0.25) is 0 Å². The first kappa shape index (κ1) is 19.8. The minimum atomic E-state index is -0.468. The lowest BCUT2D eigenvalue weighted by molar-refractivity contribution is -0.175. The predicted octanol–water partition coefficient (Wildman–Crippen LogP) is 5.07. The molecule has 1 aromatic carbocycles. The molecule has 2 aromatic rings. The normalized spacial score (nSPS) is 34.2. The van der Waals surface area contributed by atoms with Gasteiger partial charge in [-0.2, -0.15) is 0 Å². The highest BCUT2D eigenvalue weighted by Gasteiger charge is 2.51. The van der Waals surface area contributed by atoms with Crippen LogP contribution >= 0.6 is 12.4 Å². The van der Waals surface area contributed by atoms with Gasteiger partial charge in [0.25, 0.3) is 0 Å². The van der Waals surface area contributed by atoms with Crippen molar-refractivity contribution in [2.24, 2.45) is 17.8 Å². The minimum Gasteiger partial charge on any atom is -0.389 e. The van der Waals surface area contributed by atoms with Gasteiger partial charge in [-0.25, -0.2) is 4.98 Å². The van der Waals surface area contributed by atoms with E-state index in [-0.39, 0.29) is 18.0 Å². The number of nitrogens with zero attached hydrogens (tertiary/aromatic N) is 2. The van der Waals surface area contributed by atoms with Gasteiger partial charge in [0.15, 0.2) is 0 Å². The molecule has 0 aliphatic heterocycles. The molecule has 1 unspecified atom stereocenters. The van der Waals surface area contributed by atoms with Crippen molar-refractivity contribution in [1.82, 2.24) is 9.55 Å². The van der Waals surface area contributed by atoms with Crippen molar-refractivity contribution in [3.05, 3.63) is 30.1 Å². The number of imidazole rings is 1.